The molecule has 0 amide bonds. The van der Waals surface area contributed by atoms with E-state index in [-0.39, 0.29) is 19.0 Å². The summed E-state index contributed by atoms with van der Waals surface area (Å²) in [5.74, 6) is -0.256. The average molecular weight is 385 g/mol. The van der Waals surface area contributed by atoms with Crippen molar-refractivity contribution in [1.82, 2.24) is 0 Å². The van der Waals surface area contributed by atoms with E-state index in [0.717, 1.165) is 22.3 Å². The van der Waals surface area contributed by atoms with Crippen molar-refractivity contribution in [3.05, 3.63) is 94.0 Å². The van der Waals surface area contributed by atoms with Crippen LogP contribution in [0, 0.1) is 0 Å². The van der Waals surface area contributed by atoms with Crippen molar-refractivity contribution in [1.29, 1.82) is 0 Å². The molecular formula is C22H18Cl2O2. The largest absolute Gasteiger partial charge is 0.461 e. The molecule has 0 bridgehead atoms. The Kier molecular flexibility index (Phi) is 6.32. The molecular weight excluding hydrogens is 367 g/mol. The van der Waals surface area contributed by atoms with Crippen LogP contribution in [0.15, 0.2) is 72.8 Å². The van der Waals surface area contributed by atoms with E-state index in [0.29, 0.717) is 16.5 Å². The minimum atomic E-state index is -0.256. The minimum absolute atomic E-state index is 0.256. The van der Waals surface area contributed by atoms with Gasteiger partial charge in [-0.15, -0.1) is 0 Å². The second-order valence-electron chi connectivity index (χ2n) is 5.91. The molecule has 0 aromatic heterocycles. The monoisotopic (exact) mass is 384 g/mol. The number of esters is 1. The molecule has 4 heteroatoms. The molecule has 0 fully saturated rings. The summed E-state index contributed by atoms with van der Waals surface area (Å²) in [6.07, 6.45) is 0.745. The van der Waals surface area contributed by atoms with Gasteiger partial charge in [-0.1, -0.05) is 96.0 Å². The number of hydrogen-bond donors (Lipinski definition) is 0. The van der Waals surface area contributed by atoms with E-state index in [1.807, 2.05) is 72.8 Å². The van der Waals surface area contributed by atoms with Gasteiger partial charge in [0.25, 0.3) is 0 Å². The normalized spacial score (nSPS) is 10.5. The zero-order chi connectivity index (χ0) is 18.4. The molecule has 26 heavy (non-hydrogen) atoms. The first-order chi connectivity index (χ1) is 12.6. The highest BCUT2D eigenvalue weighted by Gasteiger charge is 2.13. The van der Waals surface area contributed by atoms with Crippen LogP contribution < -0.4 is 0 Å². The Balaban J connectivity index is 1.61. The highest BCUT2D eigenvalue weighted by molar-refractivity contribution is 6.44. The van der Waals surface area contributed by atoms with Crippen LogP contribution in [0.4, 0.5) is 0 Å². The Bertz CT molecular complexity index is 877. The van der Waals surface area contributed by atoms with Gasteiger partial charge in [-0.3, -0.25) is 4.79 Å². The summed E-state index contributed by atoms with van der Waals surface area (Å²) >= 11 is 12.9. The third-order valence-corrected chi connectivity index (χ3v) is 5.01. The topological polar surface area (TPSA) is 26.3 Å². The van der Waals surface area contributed by atoms with E-state index in [4.69, 9.17) is 27.9 Å². The first kappa shape index (κ1) is 18.5. The fourth-order valence-electron chi connectivity index (χ4n) is 2.67. The van der Waals surface area contributed by atoms with Crippen molar-refractivity contribution in [2.45, 2.75) is 19.4 Å². The number of benzene rings is 3. The van der Waals surface area contributed by atoms with Gasteiger partial charge in [0.15, 0.2) is 0 Å². The standard InChI is InChI=1S/C22H18Cl2O2/c23-21-18(11-13-19(22(21)24)17-9-5-2-6-10-17)12-14-20(25)26-15-16-7-3-1-4-8-16/h1-11,13H,12,14-15H2. The summed E-state index contributed by atoms with van der Waals surface area (Å²) in [6, 6.07) is 23.3. The SMILES string of the molecule is O=C(CCc1ccc(-c2ccccc2)c(Cl)c1Cl)OCc1ccccc1. The third-order valence-electron chi connectivity index (χ3n) is 4.09. The maximum absolute atomic E-state index is 12.0. The molecule has 2 nitrogen and oxygen atoms in total. The molecule has 3 rings (SSSR count). The molecule has 3 aromatic rings. The molecule has 3 aromatic carbocycles. The molecule has 0 N–H and O–H groups in total. The van der Waals surface area contributed by atoms with E-state index in [9.17, 15) is 4.79 Å². The molecule has 0 radical (unpaired) electrons. The number of aryl methyl sites for hydroxylation is 1. The number of carbonyl (C=O) groups is 1. The fourth-order valence-corrected chi connectivity index (χ4v) is 3.22. The van der Waals surface area contributed by atoms with Gasteiger partial charge in [0, 0.05) is 12.0 Å². The van der Waals surface area contributed by atoms with E-state index >= 15 is 0 Å². The number of hydrogen-bond acceptors (Lipinski definition) is 2. The Morgan fingerprint density at radius 1 is 0.808 bits per heavy atom. The number of halogens is 2. The summed E-state index contributed by atoms with van der Waals surface area (Å²) in [5, 5.41) is 0.997. The van der Waals surface area contributed by atoms with Crippen LogP contribution in [-0.2, 0) is 22.6 Å². The number of carbonyl (C=O) groups excluding carboxylic acids is 1. The Labute approximate surface area is 163 Å². The van der Waals surface area contributed by atoms with Crippen LogP contribution in [0.3, 0.4) is 0 Å². The first-order valence-corrected chi connectivity index (χ1v) is 9.12. The van der Waals surface area contributed by atoms with Crippen molar-refractivity contribution in [3.8, 4) is 11.1 Å². The van der Waals surface area contributed by atoms with Gasteiger partial charge in [0.05, 0.1) is 10.0 Å². The predicted octanol–water partition coefficient (Wildman–Crippen LogP) is 6.34. The lowest BCUT2D eigenvalue weighted by atomic mass is 10.0. The van der Waals surface area contributed by atoms with Crippen molar-refractivity contribution in [2.24, 2.45) is 0 Å². The van der Waals surface area contributed by atoms with E-state index < -0.39 is 0 Å². The third kappa shape index (κ3) is 4.66. The van der Waals surface area contributed by atoms with Crippen LogP contribution in [0.5, 0.6) is 0 Å². The van der Waals surface area contributed by atoms with E-state index in [1.54, 1.807) is 0 Å². The molecule has 0 atom stereocenters. The number of rotatable bonds is 6. The zero-order valence-corrected chi connectivity index (χ0v) is 15.6. The summed E-state index contributed by atoms with van der Waals surface area (Å²) < 4.78 is 5.30. The molecule has 0 aliphatic rings. The molecule has 0 aliphatic heterocycles. The molecule has 0 spiro atoms. The van der Waals surface area contributed by atoms with Gasteiger partial charge in [-0.05, 0) is 23.1 Å². The van der Waals surface area contributed by atoms with Crippen LogP contribution in [0.2, 0.25) is 10.0 Å². The average Bonchev–Trinajstić information content (AvgIpc) is 2.69. The highest BCUT2D eigenvalue weighted by Crippen LogP contribution is 2.36. The maximum atomic E-state index is 12.0. The molecule has 0 unspecified atom stereocenters. The van der Waals surface area contributed by atoms with Gasteiger partial charge in [-0.2, -0.15) is 0 Å². The van der Waals surface area contributed by atoms with E-state index in [2.05, 4.69) is 0 Å². The van der Waals surface area contributed by atoms with Crippen LogP contribution >= 0.6 is 23.2 Å². The lowest BCUT2D eigenvalue weighted by molar-refractivity contribution is -0.144. The van der Waals surface area contributed by atoms with Gasteiger partial charge in [0.1, 0.15) is 6.61 Å². The molecule has 0 aliphatic carbocycles. The summed E-state index contributed by atoms with van der Waals surface area (Å²) in [7, 11) is 0. The van der Waals surface area contributed by atoms with Crippen molar-refractivity contribution in [3.63, 3.8) is 0 Å². The molecule has 132 valence electrons. The Hall–Kier alpha value is -2.29. The molecule has 0 heterocycles. The second kappa shape index (κ2) is 8.88. The molecule has 0 saturated carbocycles. The van der Waals surface area contributed by atoms with E-state index in [1.165, 1.54) is 0 Å². The summed E-state index contributed by atoms with van der Waals surface area (Å²) in [6.45, 7) is 0.279. The molecule has 0 saturated heterocycles. The predicted molar refractivity (Wildman–Crippen MR) is 106 cm³/mol. The van der Waals surface area contributed by atoms with Gasteiger partial charge < -0.3 is 4.74 Å². The van der Waals surface area contributed by atoms with Crippen molar-refractivity contribution >= 4 is 29.2 Å². The van der Waals surface area contributed by atoms with Gasteiger partial charge in [-0.25, -0.2) is 0 Å². The van der Waals surface area contributed by atoms with Gasteiger partial charge >= 0.3 is 5.97 Å². The Morgan fingerprint density at radius 2 is 1.46 bits per heavy atom. The van der Waals surface area contributed by atoms with Crippen molar-refractivity contribution < 1.29 is 9.53 Å². The summed E-state index contributed by atoms with van der Waals surface area (Å²) in [5.41, 5.74) is 3.70. The fraction of sp³-hybridized carbons (Fsp3) is 0.136. The van der Waals surface area contributed by atoms with Gasteiger partial charge in [0.2, 0.25) is 0 Å². The zero-order valence-electron chi connectivity index (χ0n) is 14.1. The second-order valence-corrected chi connectivity index (χ2v) is 6.67. The van der Waals surface area contributed by atoms with Crippen LogP contribution in [0.25, 0.3) is 11.1 Å². The number of ether oxygens (including phenoxy) is 1. The van der Waals surface area contributed by atoms with Crippen molar-refractivity contribution in [2.75, 3.05) is 0 Å². The quantitative estimate of drug-likeness (QED) is 0.463. The Morgan fingerprint density at radius 3 is 2.15 bits per heavy atom. The van der Waals surface area contributed by atoms with Crippen LogP contribution in [-0.4, -0.2) is 5.97 Å². The smallest absolute Gasteiger partial charge is 0.306 e. The van der Waals surface area contributed by atoms with Crippen LogP contribution in [0.1, 0.15) is 17.5 Å². The lowest BCUT2D eigenvalue weighted by Gasteiger charge is -2.11. The maximum Gasteiger partial charge on any atom is 0.306 e. The summed E-state index contributed by atoms with van der Waals surface area (Å²) in [4.78, 5) is 12.0. The first-order valence-electron chi connectivity index (χ1n) is 8.37. The lowest BCUT2D eigenvalue weighted by Crippen LogP contribution is -2.06. The highest BCUT2D eigenvalue weighted by atomic mass is 35.5. The minimum Gasteiger partial charge on any atom is -0.461 e.